The fourth-order valence-electron chi connectivity index (χ4n) is 2.26. The number of benzene rings is 1. The largest absolute Gasteiger partial charge is 0.493 e. The van der Waals surface area contributed by atoms with E-state index in [1.165, 1.54) is 5.56 Å². The molecule has 2 atom stereocenters. The molecule has 16 heavy (non-hydrogen) atoms. The summed E-state index contributed by atoms with van der Waals surface area (Å²) < 4.78 is 5.78. The normalized spacial score (nSPS) is 20.7. The molecule has 0 saturated heterocycles. The lowest BCUT2D eigenvalue weighted by atomic mass is 9.90. The quantitative estimate of drug-likeness (QED) is 0.782. The Hall–Kier alpha value is -1.28. The second-order valence-corrected chi connectivity index (χ2v) is 4.20. The van der Waals surface area contributed by atoms with Gasteiger partial charge in [-0.25, -0.2) is 0 Å². The van der Waals surface area contributed by atoms with Crippen LogP contribution in [0.1, 0.15) is 12.5 Å². The van der Waals surface area contributed by atoms with Crippen LogP contribution in [-0.4, -0.2) is 19.2 Å². The first-order valence-corrected chi connectivity index (χ1v) is 5.91. The smallest absolute Gasteiger partial charge is 0.122 e. The topological polar surface area (TPSA) is 21.3 Å². The highest BCUT2D eigenvalue weighted by Gasteiger charge is 2.24. The second kappa shape index (κ2) is 5.17. The molecule has 86 valence electrons. The first kappa shape index (κ1) is 11.2. The number of ether oxygens (including phenoxy) is 1. The van der Waals surface area contributed by atoms with Crippen LogP contribution in [0.25, 0.3) is 0 Å². The second-order valence-electron chi connectivity index (χ2n) is 4.20. The molecule has 2 unspecified atom stereocenters. The van der Waals surface area contributed by atoms with Crippen LogP contribution in [0.5, 0.6) is 5.75 Å². The number of hydrogen-bond donors (Lipinski definition) is 1. The van der Waals surface area contributed by atoms with Gasteiger partial charge in [-0.2, -0.15) is 0 Å². The van der Waals surface area contributed by atoms with Crippen molar-refractivity contribution in [3.8, 4) is 5.75 Å². The van der Waals surface area contributed by atoms with E-state index in [-0.39, 0.29) is 0 Å². The van der Waals surface area contributed by atoms with E-state index in [1.807, 2.05) is 18.2 Å². The van der Waals surface area contributed by atoms with Gasteiger partial charge in [-0.3, -0.25) is 0 Å². The molecule has 2 nitrogen and oxygen atoms in total. The highest BCUT2D eigenvalue weighted by molar-refractivity contribution is 5.35. The van der Waals surface area contributed by atoms with E-state index in [1.54, 1.807) is 0 Å². The van der Waals surface area contributed by atoms with Gasteiger partial charge in [-0.1, -0.05) is 31.2 Å². The summed E-state index contributed by atoms with van der Waals surface area (Å²) in [6.07, 6.45) is 3.06. The Morgan fingerprint density at radius 1 is 1.56 bits per heavy atom. The Labute approximate surface area is 97.3 Å². The minimum atomic E-state index is 0.346. The van der Waals surface area contributed by atoms with Gasteiger partial charge in [0.15, 0.2) is 0 Å². The Balaban J connectivity index is 2.09. The van der Waals surface area contributed by atoms with Crippen molar-refractivity contribution < 1.29 is 4.74 Å². The minimum absolute atomic E-state index is 0.346. The molecule has 0 spiro atoms. The Kier molecular flexibility index (Phi) is 3.62. The van der Waals surface area contributed by atoms with Gasteiger partial charge in [-0.15, -0.1) is 6.58 Å². The molecule has 1 aliphatic rings. The van der Waals surface area contributed by atoms with Crippen LogP contribution >= 0.6 is 0 Å². The van der Waals surface area contributed by atoms with Gasteiger partial charge in [0.1, 0.15) is 5.75 Å². The van der Waals surface area contributed by atoms with E-state index < -0.39 is 0 Å². The molecule has 0 fully saturated rings. The van der Waals surface area contributed by atoms with Gasteiger partial charge in [0.25, 0.3) is 0 Å². The van der Waals surface area contributed by atoms with Gasteiger partial charge >= 0.3 is 0 Å². The van der Waals surface area contributed by atoms with Crippen molar-refractivity contribution >= 4 is 0 Å². The number of nitrogens with one attached hydrogen (secondary N) is 1. The maximum absolute atomic E-state index is 5.78. The Morgan fingerprint density at radius 2 is 2.38 bits per heavy atom. The maximum Gasteiger partial charge on any atom is 0.122 e. The molecule has 1 heterocycles. The molecule has 1 aliphatic heterocycles. The zero-order valence-corrected chi connectivity index (χ0v) is 9.78. The summed E-state index contributed by atoms with van der Waals surface area (Å²) >= 11 is 0. The number of fused-ring (bicyclic) bond motifs is 1. The van der Waals surface area contributed by atoms with Crippen molar-refractivity contribution in [1.29, 1.82) is 0 Å². The van der Waals surface area contributed by atoms with Crippen LogP contribution in [0.15, 0.2) is 36.9 Å². The summed E-state index contributed by atoms with van der Waals surface area (Å²) in [6, 6.07) is 8.63. The molecule has 0 radical (unpaired) electrons. The SMILES string of the molecule is C=CC(NCC)C1COc2ccccc2C1. The first-order chi connectivity index (χ1) is 7.85. The standard InChI is InChI=1S/C14H19NO/c1-3-13(15-4-2)12-9-11-7-5-6-8-14(11)16-10-12/h3,5-8,12-13,15H,1,4,9-10H2,2H3. The Morgan fingerprint density at radius 3 is 3.12 bits per heavy atom. The third kappa shape index (κ3) is 2.27. The average molecular weight is 217 g/mol. The molecule has 1 N–H and O–H groups in total. The molecule has 2 heteroatoms. The van der Waals surface area contributed by atoms with E-state index in [2.05, 4.69) is 31.0 Å². The van der Waals surface area contributed by atoms with Crippen LogP contribution in [-0.2, 0) is 6.42 Å². The van der Waals surface area contributed by atoms with Crippen LogP contribution in [0, 0.1) is 5.92 Å². The van der Waals surface area contributed by atoms with Crippen molar-refractivity contribution in [1.82, 2.24) is 5.32 Å². The van der Waals surface area contributed by atoms with Gasteiger partial charge < -0.3 is 10.1 Å². The summed E-state index contributed by atoms with van der Waals surface area (Å²) in [5, 5.41) is 3.43. The predicted octanol–water partition coefficient (Wildman–Crippen LogP) is 2.40. The van der Waals surface area contributed by atoms with Gasteiger partial charge in [-0.05, 0) is 24.6 Å². The average Bonchev–Trinajstić information content (AvgIpc) is 2.35. The van der Waals surface area contributed by atoms with Crippen LogP contribution < -0.4 is 10.1 Å². The number of para-hydroxylation sites is 1. The van der Waals surface area contributed by atoms with Crippen LogP contribution in [0.3, 0.4) is 0 Å². The Bertz CT molecular complexity index is 362. The number of rotatable bonds is 4. The van der Waals surface area contributed by atoms with E-state index in [0.717, 1.165) is 25.3 Å². The zero-order chi connectivity index (χ0) is 11.4. The predicted molar refractivity (Wildman–Crippen MR) is 66.8 cm³/mol. The van der Waals surface area contributed by atoms with Crippen LogP contribution in [0.2, 0.25) is 0 Å². The molecular weight excluding hydrogens is 198 g/mol. The lowest BCUT2D eigenvalue weighted by molar-refractivity contribution is 0.200. The molecule has 2 rings (SSSR count). The fourth-order valence-corrected chi connectivity index (χ4v) is 2.26. The highest BCUT2D eigenvalue weighted by atomic mass is 16.5. The number of hydrogen-bond acceptors (Lipinski definition) is 2. The summed E-state index contributed by atoms with van der Waals surface area (Å²) in [6.45, 7) is 7.76. The zero-order valence-electron chi connectivity index (χ0n) is 9.78. The van der Waals surface area contributed by atoms with E-state index >= 15 is 0 Å². The maximum atomic E-state index is 5.78. The van der Waals surface area contributed by atoms with Crippen molar-refractivity contribution in [2.45, 2.75) is 19.4 Å². The molecule has 0 aromatic heterocycles. The third-order valence-electron chi connectivity index (χ3n) is 3.11. The summed E-state index contributed by atoms with van der Waals surface area (Å²) in [7, 11) is 0. The van der Waals surface area contributed by atoms with Gasteiger partial charge in [0.05, 0.1) is 6.61 Å². The summed E-state index contributed by atoms with van der Waals surface area (Å²) in [5.41, 5.74) is 1.31. The summed E-state index contributed by atoms with van der Waals surface area (Å²) in [4.78, 5) is 0. The van der Waals surface area contributed by atoms with Crippen molar-refractivity contribution in [3.05, 3.63) is 42.5 Å². The lowest BCUT2D eigenvalue weighted by Crippen LogP contribution is -2.40. The fraction of sp³-hybridized carbons (Fsp3) is 0.429. The highest BCUT2D eigenvalue weighted by Crippen LogP contribution is 2.28. The molecular formula is C14H19NO. The van der Waals surface area contributed by atoms with E-state index in [0.29, 0.717) is 12.0 Å². The summed E-state index contributed by atoms with van der Waals surface area (Å²) in [5.74, 6) is 1.53. The van der Waals surface area contributed by atoms with Crippen molar-refractivity contribution in [2.24, 2.45) is 5.92 Å². The van der Waals surface area contributed by atoms with E-state index in [9.17, 15) is 0 Å². The molecule has 0 aliphatic carbocycles. The minimum Gasteiger partial charge on any atom is -0.493 e. The molecule has 1 aromatic rings. The van der Waals surface area contributed by atoms with Gasteiger partial charge in [0.2, 0.25) is 0 Å². The lowest BCUT2D eigenvalue weighted by Gasteiger charge is -2.30. The van der Waals surface area contributed by atoms with E-state index in [4.69, 9.17) is 4.74 Å². The molecule has 0 saturated carbocycles. The third-order valence-corrected chi connectivity index (χ3v) is 3.11. The monoisotopic (exact) mass is 217 g/mol. The first-order valence-electron chi connectivity index (χ1n) is 5.91. The van der Waals surface area contributed by atoms with Gasteiger partial charge in [0, 0.05) is 12.0 Å². The van der Waals surface area contributed by atoms with Crippen molar-refractivity contribution in [2.75, 3.05) is 13.2 Å². The molecule has 0 amide bonds. The van der Waals surface area contributed by atoms with Crippen LogP contribution in [0.4, 0.5) is 0 Å². The molecule has 1 aromatic carbocycles. The molecule has 0 bridgehead atoms. The van der Waals surface area contributed by atoms with Crippen molar-refractivity contribution in [3.63, 3.8) is 0 Å². The number of likely N-dealkylation sites (N-methyl/N-ethyl adjacent to an activating group) is 1.